The molecule has 1 aromatic rings. The average Bonchev–Trinajstić information content (AvgIpc) is 2.06. The summed E-state index contributed by atoms with van der Waals surface area (Å²) in [6.45, 7) is 6.01. The summed E-state index contributed by atoms with van der Waals surface area (Å²) in [5.41, 5.74) is 6.59. The first-order chi connectivity index (χ1) is 6.79. The van der Waals surface area contributed by atoms with Crippen molar-refractivity contribution in [2.75, 3.05) is 0 Å². The molecule has 0 aliphatic rings. The lowest BCUT2D eigenvalue weighted by molar-refractivity contribution is 0.583. The van der Waals surface area contributed by atoms with Gasteiger partial charge in [0.1, 0.15) is 5.84 Å². The van der Waals surface area contributed by atoms with Crippen LogP contribution in [0.5, 0.6) is 0 Å². The Bertz CT molecular complexity index is 394. The van der Waals surface area contributed by atoms with E-state index in [1.807, 2.05) is 32.9 Å². The van der Waals surface area contributed by atoms with Gasteiger partial charge >= 0.3 is 0 Å². The van der Waals surface area contributed by atoms with Crippen LogP contribution in [0.25, 0.3) is 0 Å². The summed E-state index contributed by atoms with van der Waals surface area (Å²) in [7, 11) is 0. The molecule has 0 aromatic heterocycles. The molecule has 0 atom stereocenters. The van der Waals surface area contributed by atoms with Gasteiger partial charge in [0.2, 0.25) is 0 Å². The van der Waals surface area contributed by atoms with Crippen LogP contribution < -0.4 is 5.73 Å². The molecular weight excluding hydrogens is 275 g/mol. The molecule has 2 nitrogen and oxygen atoms in total. The van der Waals surface area contributed by atoms with Gasteiger partial charge < -0.3 is 5.73 Å². The zero-order chi connectivity index (χ0) is 11.6. The highest BCUT2D eigenvalue weighted by atomic mass is 79.9. The molecule has 0 saturated heterocycles. The molecule has 0 spiro atoms. The molecule has 82 valence electrons. The van der Waals surface area contributed by atoms with Crippen molar-refractivity contribution in [1.82, 2.24) is 0 Å². The van der Waals surface area contributed by atoms with Crippen molar-refractivity contribution in [2.45, 2.75) is 26.3 Å². The molecule has 4 heteroatoms. The van der Waals surface area contributed by atoms with Crippen LogP contribution in [0.15, 0.2) is 27.7 Å². The van der Waals surface area contributed by atoms with Gasteiger partial charge in [0.05, 0.1) is 10.6 Å². The minimum atomic E-state index is -0.170. The molecule has 0 bridgehead atoms. The molecule has 0 fully saturated rings. The Morgan fingerprint density at radius 2 is 2.00 bits per heavy atom. The van der Waals surface area contributed by atoms with Crippen LogP contribution >= 0.6 is 27.5 Å². The molecule has 0 amide bonds. The van der Waals surface area contributed by atoms with Crippen LogP contribution in [0.4, 0.5) is 0 Å². The van der Waals surface area contributed by atoms with E-state index in [-0.39, 0.29) is 5.54 Å². The van der Waals surface area contributed by atoms with Crippen molar-refractivity contribution in [3.05, 3.63) is 33.3 Å². The number of halogens is 2. The predicted octanol–water partition coefficient (Wildman–Crippen LogP) is 3.61. The van der Waals surface area contributed by atoms with Gasteiger partial charge in [0.25, 0.3) is 0 Å². The van der Waals surface area contributed by atoms with Gasteiger partial charge in [-0.05, 0) is 54.9 Å². The monoisotopic (exact) mass is 288 g/mol. The van der Waals surface area contributed by atoms with E-state index in [0.29, 0.717) is 10.9 Å². The van der Waals surface area contributed by atoms with Crippen LogP contribution in [0.2, 0.25) is 5.02 Å². The molecule has 0 radical (unpaired) electrons. The molecule has 0 heterocycles. The summed E-state index contributed by atoms with van der Waals surface area (Å²) >= 11 is 9.24. The fourth-order valence-electron chi connectivity index (χ4n) is 1.08. The highest BCUT2D eigenvalue weighted by Gasteiger charge is 2.10. The topological polar surface area (TPSA) is 38.4 Å². The van der Waals surface area contributed by atoms with E-state index in [0.717, 1.165) is 10.0 Å². The first-order valence-corrected chi connectivity index (χ1v) is 5.77. The van der Waals surface area contributed by atoms with Crippen molar-refractivity contribution in [3.8, 4) is 0 Å². The average molecular weight is 290 g/mol. The predicted molar refractivity (Wildman–Crippen MR) is 69.6 cm³/mol. The molecule has 15 heavy (non-hydrogen) atoms. The normalized spacial score (nSPS) is 13.0. The Balaban J connectivity index is 3.07. The lowest BCUT2D eigenvalue weighted by atomic mass is 10.1. The lowest BCUT2D eigenvalue weighted by Gasteiger charge is -2.14. The molecule has 1 aromatic carbocycles. The fourth-order valence-corrected chi connectivity index (χ4v) is 1.58. The first-order valence-electron chi connectivity index (χ1n) is 4.60. The molecule has 0 aliphatic carbocycles. The highest BCUT2D eigenvalue weighted by Crippen LogP contribution is 2.23. The Labute approximate surface area is 104 Å². The maximum absolute atomic E-state index is 5.89. The van der Waals surface area contributed by atoms with Gasteiger partial charge in [0, 0.05) is 10.0 Å². The third-order valence-electron chi connectivity index (χ3n) is 1.67. The molecule has 0 unspecified atom stereocenters. The Morgan fingerprint density at radius 3 is 2.47 bits per heavy atom. The number of nitrogens with two attached hydrogens (primary N) is 1. The first kappa shape index (κ1) is 12.5. The van der Waals surface area contributed by atoms with Crippen LogP contribution in [0.1, 0.15) is 26.3 Å². The van der Waals surface area contributed by atoms with Gasteiger partial charge in [-0.3, -0.25) is 4.99 Å². The summed E-state index contributed by atoms with van der Waals surface area (Å²) in [5, 5.41) is 0.669. The maximum atomic E-state index is 5.89. The Kier molecular flexibility index (Phi) is 3.79. The number of nitrogens with zero attached hydrogens (tertiary/aromatic N) is 1. The summed E-state index contributed by atoms with van der Waals surface area (Å²) in [6.07, 6.45) is 0. The Morgan fingerprint density at radius 1 is 1.40 bits per heavy atom. The molecule has 0 aliphatic heterocycles. The van der Waals surface area contributed by atoms with Gasteiger partial charge in [-0.15, -0.1) is 0 Å². The second-order valence-corrected chi connectivity index (χ2v) is 5.56. The minimum absolute atomic E-state index is 0.170. The summed E-state index contributed by atoms with van der Waals surface area (Å²) in [5.74, 6) is 0.528. The summed E-state index contributed by atoms with van der Waals surface area (Å²) in [6, 6.07) is 5.52. The van der Waals surface area contributed by atoms with Gasteiger partial charge in [0.15, 0.2) is 0 Å². The van der Waals surface area contributed by atoms with E-state index in [1.165, 1.54) is 0 Å². The van der Waals surface area contributed by atoms with Crippen LogP contribution in [-0.4, -0.2) is 11.4 Å². The lowest BCUT2D eigenvalue weighted by Crippen LogP contribution is -2.21. The van der Waals surface area contributed by atoms with Crippen molar-refractivity contribution in [2.24, 2.45) is 10.7 Å². The van der Waals surface area contributed by atoms with Gasteiger partial charge in [-0.25, -0.2) is 0 Å². The quantitative estimate of drug-likeness (QED) is 0.622. The minimum Gasteiger partial charge on any atom is -0.383 e. The van der Waals surface area contributed by atoms with Crippen molar-refractivity contribution in [3.63, 3.8) is 0 Å². The fraction of sp³-hybridized carbons (Fsp3) is 0.364. The third-order valence-corrected chi connectivity index (χ3v) is 2.89. The van der Waals surface area contributed by atoms with Crippen molar-refractivity contribution >= 4 is 33.4 Å². The summed E-state index contributed by atoms with van der Waals surface area (Å²) < 4.78 is 0.828. The van der Waals surface area contributed by atoms with Crippen LogP contribution in [-0.2, 0) is 0 Å². The van der Waals surface area contributed by atoms with E-state index >= 15 is 0 Å². The second-order valence-electron chi connectivity index (χ2n) is 4.30. The number of benzene rings is 1. The van der Waals surface area contributed by atoms with Crippen molar-refractivity contribution < 1.29 is 0 Å². The largest absolute Gasteiger partial charge is 0.383 e. The second kappa shape index (κ2) is 4.54. The van der Waals surface area contributed by atoms with E-state index in [1.54, 1.807) is 6.07 Å². The number of hydrogen-bond acceptors (Lipinski definition) is 1. The van der Waals surface area contributed by atoms with Gasteiger partial charge in [-0.1, -0.05) is 11.6 Å². The van der Waals surface area contributed by atoms with Gasteiger partial charge in [-0.2, -0.15) is 0 Å². The van der Waals surface area contributed by atoms with E-state index < -0.39 is 0 Å². The van der Waals surface area contributed by atoms with Crippen LogP contribution in [0.3, 0.4) is 0 Å². The summed E-state index contributed by atoms with van der Waals surface area (Å²) in [4.78, 5) is 4.38. The molecule has 2 N–H and O–H groups in total. The maximum Gasteiger partial charge on any atom is 0.126 e. The molecular formula is C11H14BrClN2. The Hall–Kier alpha value is -0.540. The number of hydrogen-bond donors (Lipinski definition) is 1. The molecule has 0 saturated carbocycles. The van der Waals surface area contributed by atoms with E-state index in [2.05, 4.69) is 20.9 Å². The SMILES string of the molecule is CC(C)(C)N=C(N)c1ccc(Cl)c(Br)c1. The molecule has 1 rings (SSSR count). The number of aliphatic imine (C=N–C) groups is 1. The standard InChI is InChI=1S/C11H14BrClN2/c1-11(2,3)15-10(14)7-4-5-9(13)8(12)6-7/h4-6H,1-3H3,(H2,14,15). The van der Waals surface area contributed by atoms with Crippen LogP contribution in [0, 0.1) is 0 Å². The number of rotatable bonds is 1. The third kappa shape index (κ3) is 3.84. The zero-order valence-electron chi connectivity index (χ0n) is 9.01. The van der Waals surface area contributed by atoms with E-state index in [9.17, 15) is 0 Å². The smallest absolute Gasteiger partial charge is 0.126 e. The highest BCUT2D eigenvalue weighted by molar-refractivity contribution is 9.10. The zero-order valence-corrected chi connectivity index (χ0v) is 11.4. The van der Waals surface area contributed by atoms with Crippen molar-refractivity contribution in [1.29, 1.82) is 0 Å². The number of amidine groups is 1. The van der Waals surface area contributed by atoms with E-state index in [4.69, 9.17) is 17.3 Å².